The first kappa shape index (κ1) is 21.4. The van der Waals surface area contributed by atoms with Crippen LogP contribution in [0.15, 0.2) is 30.5 Å². The summed E-state index contributed by atoms with van der Waals surface area (Å²) in [5, 5.41) is 3.69. The predicted octanol–water partition coefficient (Wildman–Crippen LogP) is 2.81. The Kier molecular flexibility index (Phi) is 6.03. The molecule has 1 aliphatic carbocycles. The van der Waals surface area contributed by atoms with Crippen molar-refractivity contribution in [2.75, 3.05) is 24.7 Å². The van der Waals surface area contributed by atoms with E-state index in [1.165, 1.54) is 0 Å². The molecule has 158 valence electrons. The molecule has 0 bridgehead atoms. The summed E-state index contributed by atoms with van der Waals surface area (Å²) in [5.41, 5.74) is 1.45. The Morgan fingerprint density at radius 1 is 1.14 bits per heavy atom. The number of anilines is 1. The van der Waals surface area contributed by atoms with Crippen molar-refractivity contribution in [3.8, 4) is 0 Å². The number of carbonyl (C=O) groups is 2. The first-order valence-corrected chi connectivity index (χ1v) is 12.0. The molecule has 1 N–H and O–H groups in total. The second-order valence-electron chi connectivity index (χ2n) is 7.71. The molecule has 1 heterocycles. The third kappa shape index (κ3) is 4.03. The molecule has 2 aromatic rings. The summed E-state index contributed by atoms with van der Waals surface area (Å²) in [6, 6.07) is 7.31. The van der Waals surface area contributed by atoms with Gasteiger partial charge in [-0.1, -0.05) is 12.8 Å². The molecule has 7 nitrogen and oxygen atoms in total. The van der Waals surface area contributed by atoms with Gasteiger partial charge in [-0.15, -0.1) is 0 Å². The summed E-state index contributed by atoms with van der Waals surface area (Å²) in [4.78, 5) is 27.0. The minimum Gasteiger partial charge on any atom is -0.342 e. The molecular formula is C21H29N3O4S. The zero-order valence-electron chi connectivity index (χ0n) is 17.3. The third-order valence-corrected chi connectivity index (χ3v) is 8.00. The van der Waals surface area contributed by atoms with Crippen molar-refractivity contribution in [3.63, 3.8) is 0 Å². The van der Waals surface area contributed by atoms with E-state index in [4.69, 9.17) is 0 Å². The number of fused-ring (bicyclic) bond motifs is 1. The Labute approximate surface area is 172 Å². The molecule has 1 aromatic carbocycles. The number of nitrogens with zero attached hydrogens (tertiary/aromatic N) is 2. The number of aromatic nitrogens is 1. The number of sulfone groups is 1. The quantitative estimate of drug-likeness (QED) is 0.747. The standard InChI is InChI=1S/C21H29N3O4S/c1-4-23(5-2)19(25)15-24-13-10-16-14-17(8-9-18(16)24)22-20(26)21(29(3,27)28)11-6-7-12-21/h8-10,13-14H,4-7,11-12,15H2,1-3H3,(H,22,26). The Morgan fingerprint density at radius 2 is 1.79 bits per heavy atom. The smallest absolute Gasteiger partial charge is 0.245 e. The van der Waals surface area contributed by atoms with Gasteiger partial charge in [0.05, 0.1) is 0 Å². The second kappa shape index (κ2) is 8.18. The summed E-state index contributed by atoms with van der Waals surface area (Å²) >= 11 is 0. The molecule has 0 spiro atoms. The van der Waals surface area contributed by atoms with Gasteiger partial charge in [0.15, 0.2) is 14.6 Å². The molecule has 8 heteroatoms. The van der Waals surface area contributed by atoms with Crippen LogP contribution in [-0.4, -0.2) is 53.8 Å². The highest BCUT2D eigenvalue weighted by atomic mass is 32.2. The molecule has 29 heavy (non-hydrogen) atoms. The van der Waals surface area contributed by atoms with E-state index in [2.05, 4.69) is 5.32 Å². The van der Waals surface area contributed by atoms with Crippen molar-refractivity contribution >= 4 is 38.2 Å². The largest absolute Gasteiger partial charge is 0.342 e. The zero-order chi connectivity index (χ0) is 21.2. The van der Waals surface area contributed by atoms with Crippen LogP contribution in [0.5, 0.6) is 0 Å². The monoisotopic (exact) mass is 419 g/mol. The van der Waals surface area contributed by atoms with Gasteiger partial charge in [-0.05, 0) is 51.0 Å². The highest BCUT2D eigenvalue weighted by molar-refractivity contribution is 7.92. The molecule has 1 aliphatic rings. The summed E-state index contributed by atoms with van der Waals surface area (Å²) in [7, 11) is -3.51. The predicted molar refractivity (Wildman–Crippen MR) is 115 cm³/mol. The molecule has 0 saturated heterocycles. The highest BCUT2D eigenvalue weighted by Gasteiger charge is 2.49. The van der Waals surface area contributed by atoms with Gasteiger partial charge in [0.1, 0.15) is 6.54 Å². The number of amides is 2. The molecule has 1 aromatic heterocycles. The third-order valence-electron chi connectivity index (χ3n) is 5.99. The van der Waals surface area contributed by atoms with Crippen LogP contribution in [0.3, 0.4) is 0 Å². The first-order chi connectivity index (χ1) is 13.7. The van der Waals surface area contributed by atoms with E-state index in [0.717, 1.165) is 30.0 Å². The molecule has 0 atom stereocenters. The molecule has 0 unspecified atom stereocenters. The van der Waals surface area contributed by atoms with Gasteiger partial charge >= 0.3 is 0 Å². The van der Waals surface area contributed by atoms with Gasteiger partial charge in [0, 0.05) is 42.1 Å². The van der Waals surface area contributed by atoms with E-state index in [1.54, 1.807) is 11.0 Å². The molecule has 0 aliphatic heterocycles. The fraction of sp³-hybridized carbons (Fsp3) is 0.524. The van der Waals surface area contributed by atoms with Crippen LogP contribution in [0.25, 0.3) is 10.9 Å². The van der Waals surface area contributed by atoms with Gasteiger partial charge in [0.2, 0.25) is 11.8 Å². The normalized spacial score (nSPS) is 16.1. The van der Waals surface area contributed by atoms with E-state index < -0.39 is 20.5 Å². The summed E-state index contributed by atoms with van der Waals surface area (Å²) in [6.07, 6.45) is 5.21. The fourth-order valence-electron chi connectivity index (χ4n) is 4.20. The molecule has 2 amide bonds. The van der Waals surface area contributed by atoms with Crippen LogP contribution in [0.2, 0.25) is 0 Å². The van der Waals surface area contributed by atoms with Crippen molar-refractivity contribution in [1.29, 1.82) is 0 Å². The van der Waals surface area contributed by atoms with Crippen molar-refractivity contribution in [3.05, 3.63) is 30.5 Å². The maximum Gasteiger partial charge on any atom is 0.245 e. The lowest BCUT2D eigenvalue weighted by molar-refractivity contribution is -0.131. The second-order valence-corrected chi connectivity index (χ2v) is 10.0. The van der Waals surface area contributed by atoms with Crippen LogP contribution in [0.4, 0.5) is 5.69 Å². The Morgan fingerprint density at radius 3 is 2.38 bits per heavy atom. The maximum absolute atomic E-state index is 12.9. The Balaban J connectivity index is 1.81. The van der Waals surface area contributed by atoms with E-state index >= 15 is 0 Å². The number of hydrogen-bond acceptors (Lipinski definition) is 4. The van der Waals surface area contributed by atoms with Crippen molar-refractivity contribution in [2.24, 2.45) is 0 Å². The number of benzene rings is 1. The van der Waals surface area contributed by atoms with Crippen LogP contribution >= 0.6 is 0 Å². The van der Waals surface area contributed by atoms with Crippen molar-refractivity contribution in [1.82, 2.24) is 9.47 Å². The first-order valence-electron chi connectivity index (χ1n) is 10.1. The molecule has 1 fully saturated rings. The Hall–Kier alpha value is -2.35. The van der Waals surface area contributed by atoms with Gasteiger partial charge in [-0.2, -0.15) is 0 Å². The number of carbonyl (C=O) groups excluding carboxylic acids is 2. The molecular weight excluding hydrogens is 390 g/mol. The highest BCUT2D eigenvalue weighted by Crippen LogP contribution is 2.37. The van der Waals surface area contributed by atoms with Gasteiger partial charge in [-0.25, -0.2) is 8.42 Å². The lowest BCUT2D eigenvalue weighted by Crippen LogP contribution is -2.47. The summed E-state index contributed by atoms with van der Waals surface area (Å²) in [6.45, 7) is 5.52. The average molecular weight is 420 g/mol. The fourth-order valence-corrected chi connectivity index (χ4v) is 5.61. The Bertz CT molecular complexity index is 1020. The van der Waals surface area contributed by atoms with E-state index in [1.807, 2.05) is 42.8 Å². The van der Waals surface area contributed by atoms with E-state index in [9.17, 15) is 18.0 Å². The van der Waals surface area contributed by atoms with Crippen LogP contribution in [0, 0.1) is 0 Å². The van der Waals surface area contributed by atoms with Gasteiger partial charge in [-0.3, -0.25) is 9.59 Å². The van der Waals surface area contributed by atoms with Crippen molar-refractivity contribution in [2.45, 2.75) is 50.8 Å². The zero-order valence-corrected chi connectivity index (χ0v) is 18.1. The number of hydrogen-bond donors (Lipinski definition) is 1. The number of nitrogens with one attached hydrogen (secondary N) is 1. The van der Waals surface area contributed by atoms with Crippen LogP contribution in [-0.2, 0) is 26.0 Å². The lowest BCUT2D eigenvalue weighted by Gasteiger charge is -2.25. The average Bonchev–Trinajstić information content (AvgIpc) is 3.30. The molecule has 3 rings (SSSR count). The van der Waals surface area contributed by atoms with Crippen LogP contribution < -0.4 is 5.32 Å². The summed E-state index contributed by atoms with van der Waals surface area (Å²) < 4.78 is 25.2. The topological polar surface area (TPSA) is 88.5 Å². The van der Waals surface area contributed by atoms with Gasteiger partial charge in [0.25, 0.3) is 0 Å². The minimum atomic E-state index is -3.51. The van der Waals surface area contributed by atoms with Crippen LogP contribution in [0.1, 0.15) is 39.5 Å². The van der Waals surface area contributed by atoms with E-state index in [0.29, 0.717) is 31.6 Å². The molecule has 1 saturated carbocycles. The number of rotatable bonds is 7. The maximum atomic E-state index is 12.9. The summed E-state index contributed by atoms with van der Waals surface area (Å²) in [5.74, 6) is -0.394. The van der Waals surface area contributed by atoms with Gasteiger partial charge < -0.3 is 14.8 Å². The number of likely N-dealkylation sites (N-methyl/N-ethyl adjacent to an activating group) is 1. The molecule has 0 radical (unpaired) electrons. The van der Waals surface area contributed by atoms with E-state index in [-0.39, 0.29) is 12.5 Å². The minimum absolute atomic E-state index is 0.0567. The lowest BCUT2D eigenvalue weighted by atomic mass is 10.1. The SMILES string of the molecule is CCN(CC)C(=O)Cn1ccc2cc(NC(=O)C3(S(C)(=O)=O)CCCC3)ccc21. The van der Waals surface area contributed by atoms with Crippen molar-refractivity contribution < 1.29 is 18.0 Å².